The van der Waals surface area contributed by atoms with Crippen LogP contribution in [0.5, 0.6) is 0 Å². The van der Waals surface area contributed by atoms with Crippen LogP contribution in [-0.2, 0) is 21.9 Å². The van der Waals surface area contributed by atoms with Gasteiger partial charge in [-0.1, -0.05) is 18.2 Å². The number of aryl methyl sites for hydroxylation is 1. The van der Waals surface area contributed by atoms with Gasteiger partial charge in [-0.15, -0.1) is 0 Å². The van der Waals surface area contributed by atoms with Gasteiger partial charge in [0.1, 0.15) is 5.73 Å². The Morgan fingerprint density at radius 2 is 1.54 bits per heavy atom. The van der Waals surface area contributed by atoms with Crippen LogP contribution < -0.4 is 0 Å². The van der Waals surface area contributed by atoms with E-state index in [1.165, 1.54) is 18.2 Å². The lowest BCUT2D eigenvalue weighted by atomic mass is 9.87. The van der Waals surface area contributed by atoms with E-state index in [0.717, 1.165) is 12.1 Å². The number of benzene rings is 1. The zero-order valence-corrected chi connectivity index (χ0v) is 14.2. The Kier molecular flexibility index (Phi) is 5.16. The maximum Gasteiger partial charge on any atom is 0.524 e. The van der Waals surface area contributed by atoms with E-state index in [4.69, 9.17) is 9.31 Å². The van der Waals surface area contributed by atoms with Crippen molar-refractivity contribution in [2.75, 3.05) is 0 Å². The molecule has 1 saturated heterocycles. The SMILES string of the molecule is CC1(C)OB(C(F)=CCCc2ccc(C(F)(F)F)cc2)OC1(C)C. The first-order valence-electron chi connectivity index (χ1n) is 7.80. The molecule has 0 atom stereocenters. The highest BCUT2D eigenvalue weighted by molar-refractivity contribution is 6.53. The van der Waals surface area contributed by atoms with Crippen molar-refractivity contribution in [2.24, 2.45) is 0 Å². The van der Waals surface area contributed by atoms with E-state index in [9.17, 15) is 17.6 Å². The Morgan fingerprint density at radius 3 is 2.00 bits per heavy atom. The summed E-state index contributed by atoms with van der Waals surface area (Å²) >= 11 is 0. The van der Waals surface area contributed by atoms with Crippen LogP contribution >= 0.6 is 0 Å². The lowest BCUT2D eigenvalue weighted by Gasteiger charge is -2.32. The number of alkyl halides is 3. The van der Waals surface area contributed by atoms with Gasteiger partial charge in [0.05, 0.1) is 16.8 Å². The molecule has 7 heteroatoms. The zero-order valence-electron chi connectivity index (χ0n) is 14.2. The Bertz CT molecular complexity index is 590. The highest BCUT2D eigenvalue weighted by atomic mass is 19.4. The van der Waals surface area contributed by atoms with Gasteiger partial charge in [-0.05, 0) is 58.2 Å². The van der Waals surface area contributed by atoms with Gasteiger partial charge in [-0.3, -0.25) is 0 Å². The summed E-state index contributed by atoms with van der Waals surface area (Å²) in [5, 5.41) is 0. The Labute approximate surface area is 140 Å². The zero-order chi connectivity index (χ0) is 18.2. The Morgan fingerprint density at radius 1 is 1.04 bits per heavy atom. The van der Waals surface area contributed by atoms with Crippen molar-refractivity contribution in [3.05, 3.63) is 47.2 Å². The third kappa shape index (κ3) is 4.19. The van der Waals surface area contributed by atoms with Crippen LogP contribution in [0, 0.1) is 0 Å². The third-order valence-electron chi connectivity index (χ3n) is 4.53. The monoisotopic (exact) mass is 344 g/mol. The van der Waals surface area contributed by atoms with Crippen LogP contribution in [0.3, 0.4) is 0 Å². The molecule has 0 amide bonds. The van der Waals surface area contributed by atoms with E-state index in [1.807, 2.05) is 27.7 Å². The molecule has 0 saturated carbocycles. The van der Waals surface area contributed by atoms with E-state index in [-0.39, 0.29) is 0 Å². The molecule has 0 radical (unpaired) electrons. The molecule has 1 aliphatic heterocycles. The maximum atomic E-state index is 14.2. The molecule has 0 unspecified atom stereocenters. The van der Waals surface area contributed by atoms with Gasteiger partial charge in [0.25, 0.3) is 0 Å². The van der Waals surface area contributed by atoms with Crippen LogP contribution in [0.15, 0.2) is 36.1 Å². The number of rotatable bonds is 4. The molecule has 1 heterocycles. The second-order valence-electron chi connectivity index (χ2n) is 6.91. The first kappa shape index (κ1) is 19.0. The molecule has 1 aromatic carbocycles. The Balaban J connectivity index is 1.92. The summed E-state index contributed by atoms with van der Waals surface area (Å²) < 4.78 is 62.8. The molecule has 132 valence electrons. The van der Waals surface area contributed by atoms with Gasteiger partial charge in [-0.2, -0.15) is 13.2 Å². The third-order valence-corrected chi connectivity index (χ3v) is 4.53. The van der Waals surface area contributed by atoms with Gasteiger partial charge in [0.15, 0.2) is 0 Å². The van der Waals surface area contributed by atoms with Gasteiger partial charge in [0.2, 0.25) is 0 Å². The fraction of sp³-hybridized carbons (Fsp3) is 0.529. The molecule has 0 aromatic heterocycles. The largest absolute Gasteiger partial charge is 0.524 e. The second kappa shape index (κ2) is 6.52. The summed E-state index contributed by atoms with van der Waals surface area (Å²) in [5.74, 6) is 0. The second-order valence-corrected chi connectivity index (χ2v) is 6.91. The van der Waals surface area contributed by atoms with E-state index in [0.29, 0.717) is 18.4 Å². The summed E-state index contributed by atoms with van der Waals surface area (Å²) in [4.78, 5) is 0. The topological polar surface area (TPSA) is 18.5 Å². The van der Waals surface area contributed by atoms with Crippen LogP contribution in [0.2, 0.25) is 0 Å². The number of hydrogen-bond donors (Lipinski definition) is 0. The fourth-order valence-electron chi connectivity index (χ4n) is 2.29. The molecule has 24 heavy (non-hydrogen) atoms. The van der Waals surface area contributed by atoms with Crippen LogP contribution in [-0.4, -0.2) is 18.3 Å². The minimum Gasteiger partial charge on any atom is -0.398 e. The molecule has 0 aliphatic carbocycles. The highest BCUT2D eigenvalue weighted by Crippen LogP contribution is 2.38. The lowest BCUT2D eigenvalue weighted by Crippen LogP contribution is -2.41. The van der Waals surface area contributed by atoms with Gasteiger partial charge in [0, 0.05) is 0 Å². The minimum atomic E-state index is -4.35. The minimum absolute atomic E-state index is 0.348. The van der Waals surface area contributed by atoms with Crippen molar-refractivity contribution in [2.45, 2.75) is 57.9 Å². The lowest BCUT2D eigenvalue weighted by molar-refractivity contribution is -0.137. The van der Waals surface area contributed by atoms with Crippen LogP contribution in [0.1, 0.15) is 45.2 Å². The first-order valence-corrected chi connectivity index (χ1v) is 7.80. The predicted octanol–water partition coefficient (Wildman–Crippen LogP) is 5.12. The number of allylic oxidation sites excluding steroid dienone is 1. The van der Waals surface area contributed by atoms with Crippen molar-refractivity contribution in [3.63, 3.8) is 0 Å². The van der Waals surface area contributed by atoms with Gasteiger partial charge < -0.3 is 9.31 Å². The Hall–Kier alpha value is -1.34. The first-order chi connectivity index (χ1) is 10.9. The molecule has 2 rings (SSSR count). The molecule has 0 spiro atoms. The van der Waals surface area contributed by atoms with E-state index in [2.05, 4.69) is 0 Å². The normalized spacial score (nSPS) is 20.5. The standard InChI is InChI=1S/C17H21BF4O2/c1-15(2)16(3,4)24-18(23-15)14(19)7-5-6-12-8-10-13(11-9-12)17(20,21)22/h7-11H,5-6H2,1-4H3. The summed E-state index contributed by atoms with van der Waals surface area (Å²) in [6.45, 7) is 7.34. The molecular formula is C17H21BF4O2. The van der Waals surface area contributed by atoms with Gasteiger partial charge in [-0.25, -0.2) is 4.39 Å². The average Bonchev–Trinajstić information content (AvgIpc) is 2.67. The molecule has 1 aromatic rings. The number of halogens is 4. The maximum absolute atomic E-state index is 14.2. The number of hydrogen-bond acceptors (Lipinski definition) is 2. The molecule has 2 nitrogen and oxygen atoms in total. The predicted molar refractivity (Wildman–Crippen MR) is 85.0 cm³/mol. The molecule has 0 N–H and O–H groups in total. The van der Waals surface area contributed by atoms with Crippen molar-refractivity contribution >= 4 is 7.12 Å². The van der Waals surface area contributed by atoms with E-state index in [1.54, 1.807) is 0 Å². The van der Waals surface area contributed by atoms with Crippen molar-refractivity contribution in [1.82, 2.24) is 0 Å². The fourth-order valence-corrected chi connectivity index (χ4v) is 2.29. The molecular weight excluding hydrogens is 323 g/mol. The molecule has 1 aliphatic rings. The summed E-state index contributed by atoms with van der Waals surface area (Å²) in [7, 11) is -1.04. The average molecular weight is 344 g/mol. The van der Waals surface area contributed by atoms with Crippen molar-refractivity contribution in [1.29, 1.82) is 0 Å². The smallest absolute Gasteiger partial charge is 0.398 e. The molecule has 1 fully saturated rings. The van der Waals surface area contributed by atoms with Crippen molar-refractivity contribution < 1.29 is 26.9 Å². The summed E-state index contributed by atoms with van der Waals surface area (Å²) in [5.41, 5.74) is -1.72. The van der Waals surface area contributed by atoms with Gasteiger partial charge >= 0.3 is 13.3 Å². The molecule has 0 bridgehead atoms. The van der Waals surface area contributed by atoms with Crippen LogP contribution in [0.4, 0.5) is 17.6 Å². The summed E-state index contributed by atoms with van der Waals surface area (Å²) in [6.07, 6.45) is -2.20. The van der Waals surface area contributed by atoms with Crippen molar-refractivity contribution in [3.8, 4) is 0 Å². The van der Waals surface area contributed by atoms with Crippen LogP contribution in [0.25, 0.3) is 0 Å². The highest BCUT2D eigenvalue weighted by Gasteiger charge is 2.52. The van der Waals surface area contributed by atoms with E-state index < -0.39 is 35.8 Å². The van der Waals surface area contributed by atoms with E-state index >= 15 is 0 Å². The quantitative estimate of drug-likeness (QED) is 0.557. The summed E-state index contributed by atoms with van der Waals surface area (Å²) in [6, 6.07) is 4.87.